The molecule has 0 bridgehead atoms. The summed E-state index contributed by atoms with van der Waals surface area (Å²) in [5, 5.41) is 8.80. The Bertz CT molecular complexity index is 800. The lowest BCUT2D eigenvalue weighted by Crippen LogP contribution is -2.36. The van der Waals surface area contributed by atoms with Crippen LogP contribution in [0.3, 0.4) is 0 Å². The molecule has 2 aromatic carbocycles. The standard InChI is InChI=1S/C21H21FN2O3/c1-2-19(16-7-4-3-5-8-16)21(26)27-15-20(25)24(14-6-13-23)18-11-9-17(22)10-12-18/h3-5,7-12,19H,2,6,14-15H2,1H3. The highest BCUT2D eigenvalue weighted by Crippen LogP contribution is 2.21. The van der Waals surface area contributed by atoms with Gasteiger partial charge in [0, 0.05) is 12.2 Å². The zero-order chi connectivity index (χ0) is 19.6. The van der Waals surface area contributed by atoms with E-state index in [-0.39, 0.29) is 13.0 Å². The number of hydrogen-bond donors (Lipinski definition) is 0. The summed E-state index contributed by atoms with van der Waals surface area (Å²) in [6, 6.07) is 16.6. The van der Waals surface area contributed by atoms with Crippen LogP contribution < -0.4 is 4.90 Å². The lowest BCUT2D eigenvalue weighted by molar-refractivity contribution is -0.149. The summed E-state index contributed by atoms with van der Waals surface area (Å²) in [7, 11) is 0. The van der Waals surface area contributed by atoms with Crippen molar-refractivity contribution in [2.75, 3.05) is 18.1 Å². The van der Waals surface area contributed by atoms with Gasteiger partial charge < -0.3 is 9.64 Å². The summed E-state index contributed by atoms with van der Waals surface area (Å²) in [5.41, 5.74) is 1.28. The Morgan fingerprint density at radius 3 is 2.41 bits per heavy atom. The number of rotatable bonds is 8. The van der Waals surface area contributed by atoms with Crippen LogP contribution in [0.15, 0.2) is 54.6 Å². The second-order valence-electron chi connectivity index (χ2n) is 5.91. The van der Waals surface area contributed by atoms with E-state index in [0.29, 0.717) is 12.1 Å². The smallest absolute Gasteiger partial charge is 0.313 e. The third kappa shape index (κ3) is 5.65. The molecule has 0 aliphatic heterocycles. The molecule has 0 saturated heterocycles. The first-order valence-electron chi connectivity index (χ1n) is 8.71. The molecule has 140 valence electrons. The van der Waals surface area contributed by atoms with E-state index in [0.717, 1.165) is 5.56 Å². The number of halogens is 1. The van der Waals surface area contributed by atoms with Crippen molar-refractivity contribution in [1.29, 1.82) is 5.26 Å². The second-order valence-corrected chi connectivity index (χ2v) is 5.91. The van der Waals surface area contributed by atoms with Gasteiger partial charge in [0.05, 0.1) is 18.4 Å². The number of carbonyl (C=O) groups is 2. The van der Waals surface area contributed by atoms with E-state index in [1.54, 1.807) is 0 Å². The molecule has 27 heavy (non-hydrogen) atoms. The van der Waals surface area contributed by atoms with E-state index >= 15 is 0 Å². The molecular weight excluding hydrogens is 347 g/mol. The zero-order valence-corrected chi connectivity index (χ0v) is 15.1. The molecule has 1 amide bonds. The Kier molecular flexibility index (Phi) is 7.50. The molecule has 2 rings (SSSR count). The van der Waals surface area contributed by atoms with Crippen LogP contribution in [0.25, 0.3) is 0 Å². The predicted molar refractivity (Wildman–Crippen MR) is 99.4 cm³/mol. The lowest BCUT2D eigenvalue weighted by Gasteiger charge is -2.22. The minimum Gasteiger partial charge on any atom is -0.455 e. The zero-order valence-electron chi connectivity index (χ0n) is 15.1. The van der Waals surface area contributed by atoms with Crippen LogP contribution in [0, 0.1) is 17.1 Å². The summed E-state index contributed by atoms with van der Waals surface area (Å²) < 4.78 is 18.4. The normalized spacial score (nSPS) is 11.3. The van der Waals surface area contributed by atoms with Crippen LogP contribution in [0.1, 0.15) is 31.2 Å². The quantitative estimate of drug-likeness (QED) is 0.665. The summed E-state index contributed by atoms with van der Waals surface area (Å²) in [5.74, 6) is -1.81. The molecule has 0 aromatic heterocycles. The van der Waals surface area contributed by atoms with Crippen LogP contribution in [-0.4, -0.2) is 25.0 Å². The average molecular weight is 368 g/mol. The van der Waals surface area contributed by atoms with Crippen molar-refractivity contribution in [3.8, 4) is 6.07 Å². The number of esters is 1. The van der Waals surface area contributed by atoms with Crippen LogP contribution in [0.2, 0.25) is 0 Å². The first-order chi connectivity index (χ1) is 13.1. The number of amides is 1. The molecule has 0 N–H and O–H groups in total. The molecule has 0 heterocycles. The molecule has 2 aromatic rings. The van der Waals surface area contributed by atoms with Gasteiger partial charge in [-0.15, -0.1) is 0 Å². The maximum absolute atomic E-state index is 13.1. The third-order valence-electron chi connectivity index (χ3n) is 4.12. The fraction of sp³-hybridized carbons (Fsp3) is 0.286. The molecule has 6 heteroatoms. The Labute approximate surface area is 158 Å². The average Bonchev–Trinajstić information content (AvgIpc) is 2.69. The Morgan fingerprint density at radius 2 is 1.81 bits per heavy atom. The van der Waals surface area contributed by atoms with Crippen LogP contribution in [-0.2, 0) is 14.3 Å². The highest BCUT2D eigenvalue weighted by molar-refractivity contribution is 5.95. The number of benzene rings is 2. The van der Waals surface area contributed by atoms with Crippen molar-refractivity contribution in [2.24, 2.45) is 0 Å². The number of nitriles is 1. The van der Waals surface area contributed by atoms with Gasteiger partial charge in [-0.05, 0) is 36.2 Å². The summed E-state index contributed by atoms with van der Waals surface area (Å²) in [6.45, 7) is 1.57. The number of nitrogens with zero attached hydrogens (tertiary/aromatic N) is 2. The molecule has 1 unspecified atom stereocenters. The first-order valence-corrected chi connectivity index (χ1v) is 8.71. The molecule has 0 aliphatic rings. The van der Waals surface area contributed by atoms with Crippen molar-refractivity contribution in [3.63, 3.8) is 0 Å². The number of ether oxygens (including phenoxy) is 1. The number of anilines is 1. The van der Waals surface area contributed by atoms with Gasteiger partial charge in [0.15, 0.2) is 6.61 Å². The molecule has 0 radical (unpaired) electrons. The highest BCUT2D eigenvalue weighted by Gasteiger charge is 2.23. The van der Waals surface area contributed by atoms with E-state index in [1.165, 1.54) is 29.2 Å². The molecule has 5 nitrogen and oxygen atoms in total. The Morgan fingerprint density at radius 1 is 1.15 bits per heavy atom. The number of hydrogen-bond acceptors (Lipinski definition) is 4. The van der Waals surface area contributed by atoms with E-state index < -0.39 is 30.2 Å². The van der Waals surface area contributed by atoms with Crippen LogP contribution in [0.4, 0.5) is 10.1 Å². The lowest BCUT2D eigenvalue weighted by atomic mass is 9.97. The SMILES string of the molecule is CCC(C(=O)OCC(=O)N(CCC#N)c1ccc(F)cc1)c1ccccc1. The van der Waals surface area contributed by atoms with Gasteiger partial charge in [0.2, 0.25) is 0 Å². The summed E-state index contributed by atoms with van der Waals surface area (Å²) in [4.78, 5) is 26.3. The maximum atomic E-state index is 13.1. The molecule has 1 atom stereocenters. The van der Waals surface area contributed by atoms with Crippen LogP contribution >= 0.6 is 0 Å². The van der Waals surface area contributed by atoms with Crippen molar-refractivity contribution in [1.82, 2.24) is 0 Å². The second kappa shape index (κ2) is 10.1. The Hall–Kier alpha value is -3.20. The van der Waals surface area contributed by atoms with E-state index in [9.17, 15) is 14.0 Å². The van der Waals surface area contributed by atoms with Gasteiger partial charge in [0.1, 0.15) is 5.82 Å². The van der Waals surface area contributed by atoms with Crippen molar-refractivity contribution < 1.29 is 18.7 Å². The topological polar surface area (TPSA) is 70.4 Å². The van der Waals surface area contributed by atoms with Gasteiger partial charge in [0.25, 0.3) is 5.91 Å². The molecule has 0 fully saturated rings. The molecular formula is C21H21FN2O3. The molecule has 0 aliphatic carbocycles. The van der Waals surface area contributed by atoms with Crippen molar-refractivity contribution >= 4 is 17.6 Å². The fourth-order valence-corrected chi connectivity index (χ4v) is 2.72. The van der Waals surface area contributed by atoms with Crippen molar-refractivity contribution in [2.45, 2.75) is 25.7 Å². The van der Waals surface area contributed by atoms with E-state index in [2.05, 4.69) is 0 Å². The van der Waals surface area contributed by atoms with E-state index in [1.807, 2.05) is 43.3 Å². The number of carbonyl (C=O) groups excluding carboxylic acids is 2. The van der Waals surface area contributed by atoms with Crippen molar-refractivity contribution in [3.05, 3.63) is 66.0 Å². The monoisotopic (exact) mass is 368 g/mol. The first kappa shape index (κ1) is 20.1. The van der Waals surface area contributed by atoms with Gasteiger partial charge >= 0.3 is 5.97 Å². The highest BCUT2D eigenvalue weighted by atomic mass is 19.1. The van der Waals surface area contributed by atoms with Gasteiger partial charge in [-0.3, -0.25) is 9.59 Å². The Balaban J connectivity index is 2.04. The van der Waals surface area contributed by atoms with Gasteiger partial charge in [-0.2, -0.15) is 5.26 Å². The van der Waals surface area contributed by atoms with Gasteiger partial charge in [-0.25, -0.2) is 4.39 Å². The minimum absolute atomic E-state index is 0.110. The van der Waals surface area contributed by atoms with E-state index in [4.69, 9.17) is 10.00 Å². The van der Waals surface area contributed by atoms with Crippen LogP contribution in [0.5, 0.6) is 0 Å². The summed E-state index contributed by atoms with van der Waals surface area (Å²) >= 11 is 0. The predicted octanol–water partition coefficient (Wildman–Crippen LogP) is 3.81. The maximum Gasteiger partial charge on any atom is 0.313 e. The molecule has 0 spiro atoms. The third-order valence-corrected chi connectivity index (χ3v) is 4.12. The molecule has 0 saturated carbocycles. The van der Waals surface area contributed by atoms with Gasteiger partial charge in [-0.1, -0.05) is 37.3 Å². The fourth-order valence-electron chi connectivity index (χ4n) is 2.72. The largest absolute Gasteiger partial charge is 0.455 e. The minimum atomic E-state index is -0.476. The summed E-state index contributed by atoms with van der Waals surface area (Å²) in [6.07, 6.45) is 0.659.